The third-order valence-corrected chi connectivity index (χ3v) is 3.64. The summed E-state index contributed by atoms with van der Waals surface area (Å²) in [7, 11) is 1.57. The number of rotatable bonds is 6. The average Bonchev–Trinajstić information content (AvgIpc) is 2.58. The van der Waals surface area contributed by atoms with Crippen molar-refractivity contribution in [3.05, 3.63) is 30.3 Å². The number of carbonyl (C=O) groups is 2. The lowest BCUT2D eigenvalue weighted by molar-refractivity contribution is -0.126. The van der Waals surface area contributed by atoms with Gasteiger partial charge in [0.05, 0.1) is 19.2 Å². The van der Waals surface area contributed by atoms with Gasteiger partial charge in [-0.2, -0.15) is 0 Å². The Labute approximate surface area is 135 Å². The van der Waals surface area contributed by atoms with E-state index < -0.39 is 0 Å². The van der Waals surface area contributed by atoms with Crippen molar-refractivity contribution in [2.45, 2.75) is 20.3 Å². The van der Waals surface area contributed by atoms with Crippen LogP contribution < -0.4 is 15.4 Å². The van der Waals surface area contributed by atoms with Crippen molar-refractivity contribution in [1.82, 2.24) is 10.3 Å². The smallest absolute Gasteiger partial charge is 0.243 e. The molecule has 2 aromatic rings. The molecule has 1 atom stereocenters. The van der Waals surface area contributed by atoms with Gasteiger partial charge in [0.1, 0.15) is 0 Å². The Morgan fingerprint density at radius 2 is 2.04 bits per heavy atom. The summed E-state index contributed by atoms with van der Waals surface area (Å²) in [5.74, 6) is 0.0755. The van der Waals surface area contributed by atoms with E-state index in [0.717, 1.165) is 17.3 Å². The van der Waals surface area contributed by atoms with Crippen LogP contribution >= 0.6 is 0 Å². The summed E-state index contributed by atoms with van der Waals surface area (Å²) in [6.07, 6.45) is 0.745. The van der Waals surface area contributed by atoms with Gasteiger partial charge in [0.15, 0.2) is 0 Å². The van der Waals surface area contributed by atoms with Gasteiger partial charge in [-0.3, -0.25) is 9.59 Å². The van der Waals surface area contributed by atoms with E-state index in [9.17, 15) is 9.59 Å². The van der Waals surface area contributed by atoms with Crippen LogP contribution in [0.15, 0.2) is 30.3 Å². The molecule has 23 heavy (non-hydrogen) atoms. The molecule has 122 valence electrons. The fourth-order valence-corrected chi connectivity index (χ4v) is 2.03. The van der Waals surface area contributed by atoms with E-state index in [1.165, 1.54) is 0 Å². The molecule has 0 radical (unpaired) electrons. The minimum absolute atomic E-state index is 0.0396. The van der Waals surface area contributed by atoms with Gasteiger partial charge in [-0.25, -0.2) is 4.98 Å². The molecule has 1 aromatic heterocycles. The highest BCUT2D eigenvalue weighted by Gasteiger charge is 2.11. The number of fused-ring (bicyclic) bond motifs is 1. The van der Waals surface area contributed by atoms with Gasteiger partial charge >= 0.3 is 0 Å². The molecule has 1 aromatic carbocycles. The zero-order valence-electron chi connectivity index (χ0n) is 13.6. The Bertz CT molecular complexity index is 715. The van der Waals surface area contributed by atoms with Crippen LogP contribution in [0.2, 0.25) is 0 Å². The summed E-state index contributed by atoms with van der Waals surface area (Å²) in [5, 5.41) is 6.28. The second-order valence-electron chi connectivity index (χ2n) is 5.34. The number of ether oxygens (including phenoxy) is 1. The predicted molar refractivity (Wildman–Crippen MR) is 89.4 cm³/mol. The molecular weight excluding hydrogens is 294 g/mol. The molecular formula is C17H21N3O3. The fraction of sp³-hybridized carbons (Fsp3) is 0.353. The number of benzene rings is 1. The van der Waals surface area contributed by atoms with Crippen LogP contribution in [0, 0.1) is 5.92 Å². The number of nitrogens with zero attached hydrogens (tertiary/aromatic N) is 1. The van der Waals surface area contributed by atoms with Crippen LogP contribution in [0.25, 0.3) is 10.9 Å². The number of amides is 2. The Morgan fingerprint density at radius 1 is 1.26 bits per heavy atom. The van der Waals surface area contributed by atoms with Gasteiger partial charge in [0.25, 0.3) is 0 Å². The van der Waals surface area contributed by atoms with Crippen LogP contribution in [-0.2, 0) is 9.59 Å². The number of hydrogen-bond acceptors (Lipinski definition) is 4. The fourth-order valence-electron chi connectivity index (χ4n) is 2.03. The maximum atomic E-state index is 11.9. The molecule has 6 nitrogen and oxygen atoms in total. The lowest BCUT2D eigenvalue weighted by Gasteiger charge is -2.10. The van der Waals surface area contributed by atoms with E-state index >= 15 is 0 Å². The second-order valence-corrected chi connectivity index (χ2v) is 5.34. The van der Waals surface area contributed by atoms with E-state index in [-0.39, 0.29) is 24.3 Å². The van der Waals surface area contributed by atoms with Gasteiger partial charge in [-0.15, -0.1) is 0 Å². The van der Waals surface area contributed by atoms with Crippen molar-refractivity contribution in [2.24, 2.45) is 5.92 Å². The molecule has 0 spiro atoms. The number of carbonyl (C=O) groups excluding carboxylic acids is 2. The molecule has 0 saturated heterocycles. The van der Waals surface area contributed by atoms with E-state index in [4.69, 9.17) is 4.74 Å². The van der Waals surface area contributed by atoms with E-state index in [1.54, 1.807) is 19.2 Å². The molecule has 2 amide bonds. The Balaban J connectivity index is 1.98. The molecule has 0 fully saturated rings. The van der Waals surface area contributed by atoms with Crippen molar-refractivity contribution >= 4 is 28.4 Å². The quantitative estimate of drug-likeness (QED) is 0.857. The first-order valence-corrected chi connectivity index (χ1v) is 7.56. The number of pyridine rings is 1. The van der Waals surface area contributed by atoms with E-state index in [1.807, 2.05) is 32.0 Å². The SMILES string of the molecule is CCC(C)C(=O)NCC(=O)Nc1ccc2nc(OC)ccc2c1. The normalized spacial score (nSPS) is 11.8. The largest absolute Gasteiger partial charge is 0.481 e. The van der Waals surface area contributed by atoms with Crippen LogP contribution in [0.4, 0.5) is 5.69 Å². The number of hydrogen-bond donors (Lipinski definition) is 2. The summed E-state index contributed by atoms with van der Waals surface area (Å²) in [5.41, 5.74) is 1.44. The van der Waals surface area contributed by atoms with Gasteiger partial charge in [-0.1, -0.05) is 13.8 Å². The highest BCUT2D eigenvalue weighted by molar-refractivity contribution is 5.96. The lowest BCUT2D eigenvalue weighted by Crippen LogP contribution is -2.35. The highest BCUT2D eigenvalue weighted by atomic mass is 16.5. The predicted octanol–water partition coefficient (Wildman–Crippen LogP) is 2.34. The van der Waals surface area contributed by atoms with Gasteiger partial charge < -0.3 is 15.4 Å². The Kier molecular flexibility index (Phi) is 5.51. The molecule has 0 aliphatic rings. The molecule has 2 N–H and O–H groups in total. The maximum Gasteiger partial charge on any atom is 0.243 e. The standard InChI is InChI=1S/C17H21N3O3/c1-4-11(2)17(22)18-10-15(21)19-13-6-7-14-12(9-13)5-8-16(20-14)23-3/h5-9,11H,4,10H2,1-3H3,(H,18,22)(H,19,21). The number of nitrogens with one attached hydrogen (secondary N) is 2. The summed E-state index contributed by atoms with van der Waals surface area (Å²) in [6.45, 7) is 3.72. The van der Waals surface area contributed by atoms with E-state index in [0.29, 0.717) is 11.6 Å². The van der Waals surface area contributed by atoms with Crippen LogP contribution in [0.5, 0.6) is 5.88 Å². The first-order chi connectivity index (χ1) is 11.0. The first kappa shape index (κ1) is 16.7. The molecule has 2 rings (SSSR count). The van der Waals surface area contributed by atoms with Crippen LogP contribution in [0.3, 0.4) is 0 Å². The molecule has 0 bridgehead atoms. The second kappa shape index (κ2) is 7.58. The number of methoxy groups -OCH3 is 1. The minimum Gasteiger partial charge on any atom is -0.481 e. The highest BCUT2D eigenvalue weighted by Crippen LogP contribution is 2.20. The van der Waals surface area contributed by atoms with Crippen molar-refractivity contribution in [2.75, 3.05) is 19.0 Å². The Morgan fingerprint density at radius 3 is 2.74 bits per heavy atom. The van der Waals surface area contributed by atoms with Crippen molar-refractivity contribution in [1.29, 1.82) is 0 Å². The zero-order chi connectivity index (χ0) is 16.8. The van der Waals surface area contributed by atoms with Gasteiger partial charge in [-0.05, 0) is 30.7 Å². The Hall–Kier alpha value is -2.63. The van der Waals surface area contributed by atoms with E-state index in [2.05, 4.69) is 15.6 Å². The van der Waals surface area contributed by atoms with Gasteiger partial charge in [0, 0.05) is 23.1 Å². The molecule has 0 aliphatic heterocycles. The molecule has 6 heteroatoms. The van der Waals surface area contributed by atoms with Crippen LogP contribution in [0.1, 0.15) is 20.3 Å². The summed E-state index contributed by atoms with van der Waals surface area (Å²) < 4.78 is 5.08. The average molecular weight is 315 g/mol. The molecule has 0 aliphatic carbocycles. The first-order valence-electron chi connectivity index (χ1n) is 7.56. The monoisotopic (exact) mass is 315 g/mol. The zero-order valence-corrected chi connectivity index (χ0v) is 13.6. The number of aromatic nitrogens is 1. The number of anilines is 1. The lowest BCUT2D eigenvalue weighted by atomic mass is 10.1. The summed E-state index contributed by atoms with van der Waals surface area (Å²) in [6, 6.07) is 9.05. The van der Waals surface area contributed by atoms with Crippen molar-refractivity contribution in [3.63, 3.8) is 0 Å². The third-order valence-electron chi connectivity index (χ3n) is 3.64. The summed E-state index contributed by atoms with van der Waals surface area (Å²) >= 11 is 0. The molecule has 1 heterocycles. The summed E-state index contributed by atoms with van der Waals surface area (Å²) in [4.78, 5) is 27.9. The van der Waals surface area contributed by atoms with Gasteiger partial charge in [0.2, 0.25) is 17.7 Å². The van der Waals surface area contributed by atoms with Crippen molar-refractivity contribution in [3.8, 4) is 5.88 Å². The topological polar surface area (TPSA) is 80.3 Å². The molecule has 0 saturated carbocycles. The third kappa shape index (κ3) is 4.42. The minimum atomic E-state index is -0.262. The molecule has 1 unspecified atom stereocenters. The van der Waals surface area contributed by atoms with Crippen LogP contribution in [-0.4, -0.2) is 30.5 Å². The van der Waals surface area contributed by atoms with Crippen molar-refractivity contribution < 1.29 is 14.3 Å². The maximum absolute atomic E-state index is 11.9.